The Morgan fingerprint density at radius 3 is 2.58 bits per heavy atom. The zero-order valence-electron chi connectivity index (χ0n) is 17.2. The SMILES string of the molecule is c1cc2c3c(c1)C1CCCC1C31c3c-2cccc3-n2c3ccccc3c3ccc[n+]1c32. The van der Waals surface area contributed by atoms with Crippen molar-refractivity contribution in [2.45, 2.75) is 30.7 Å². The highest BCUT2D eigenvalue weighted by Crippen LogP contribution is 2.67. The van der Waals surface area contributed by atoms with E-state index in [2.05, 4.69) is 88.1 Å². The summed E-state index contributed by atoms with van der Waals surface area (Å²) in [6.07, 6.45) is 6.37. The number of nitrogens with zero attached hydrogens (tertiary/aromatic N) is 2. The van der Waals surface area contributed by atoms with Crippen LogP contribution >= 0.6 is 0 Å². The maximum Gasteiger partial charge on any atom is 0.296 e. The van der Waals surface area contributed by atoms with Gasteiger partial charge in [0, 0.05) is 16.9 Å². The summed E-state index contributed by atoms with van der Waals surface area (Å²) in [7, 11) is 0. The summed E-state index contributed by atoms with van der Waals surface area (Å²) >= 11 is 0. The number of hydrogen-bond donors (Lipinski definition) is 0. The fourth-order valence-electron chi connectivity index (χ4n) is 8.11. The van der Waals surface area contributed by atoms with E-state index in [4.69, 9.17) is 0 Å². The molecule has 0 N–H and O–H groups in total. The molecule has 0 saturated heterocycles. The van der Waals surface area contributed by atoms with Crippen LogP contribution in [0.25, 0.3) is 38.8 Å². The third-order valence-electron chi connectivity index (χ3n) is 8.88. The maximum absolute atomic E-state index is 2.69. The van der Waals surface area contributed by atoms with E-state index in [-0.39, 0.29) is 5.54 Å². The first-order chi connectivity index (χ1) is 15.4. The largest absolute Gasteiger partial charge is 0.296 e. The van der Waals surface area contributed by atoms with Crippen LogP contribution in [0.15, 0.2) is 79.0 Å². The van der Waals surface area contributed by atoms with E-state index < -0.39 is 0 Å². The van der Waals surface area contributed by atoms with Gasteiger partial charge in [0.25, 0.3) is 5.65 Å². The second-order valence-electron chi connectivity index (χ2n) is 9.85. The minimum absolute atomic E-state index is 0.0527. The molecule has 0 bridgehead atoms. The lowest BCUT2D eigenvalue weighted by Crippen LogP contribution is -2.62. The van der Waals surface area contributed by atoms with Crippen molar-refractivity contribution in [3.8, 4) is 16.8 Å². The average molecular weight is 398 g/mol. The van der Waals surface area contributed by atoms with Crippen LogP contribution in [0.3, 0.4) is 0 Å². The monoisotopic (exact) mass is 397 g/mol. The van der Waals surface area contributed by atoms with Crippen LogP contribution in [0.4, 0.5) is 0 Å². The van der Waals surface area contributed by atoms with Gasteiger partial charge in [0.05, 0.1) is 17.1 Å². The lowest BCUT2D eigenvalue weighted by atomic mass is 9.76. The second-order valence-corrected chi connectivity index (χ2v) is 9.85. The second kappa shape index (κ2) is 4.75. The molecular formula is C29H21N2+. The summed E-state index contributed by atoms with van der Waals surface area (Å²) in [5, 5.41) is 2.73. The zero-order valence-corrected chi connectivity index (χ0v) is 17.2. The van der Waals surface area contributed by atoms with Gasteiger partial charge in [-0.25, -0.2) is 4.57 Å². The number of para-hydroxylation sites is 1. The highest BCUT2D eigenvalue weighted by molar-refractivity contribution is 6.08. The molecular weight excluding hydrogens is 376 g/mol. The van der Waals surface area contributed by atoms with Crippen LogP contribution in [0.5, 0.6) is 0 Å². The van der Waals surface area contributed by atoms with Crippen molar-refractivity contribution in [3.05, 3.63) is 95.7 Å². The Morgan fingerprint density at radius 1 is 0.774 bits per heavy atom. The molecule has 3 aromatic carbocycles. The number of rotatable bonds is 0. The smallest absolute Gasteiger partial charge is 0.219 e. The fourth-order valence-corrected chi connectivity index (χ4v) is 8.11. The first-order valence-corrected chi connectivity index (χ1v) is 11.6. The van der Waals surface area contributed by atoms with Gasteiger partial charge in [-0.1, -0.05) is 48.9 Å². The van der Waals surface area contributed by atoms with Crippen LogP contribution in [0.2, 0.25) is 0 Å². The lowest BCUT2D eigenvalue weighted by Gasteiger charge is -2.36. The van der Waals surface area contributed by atoms with Crippen molar-refractivity contribution in [1.82, 2.24) is 4.57 Å². The van der Waals surface area contributed by atoms with Crippen molar-refractivity contribution in [3.63, 3.8) is 0 Å². The molecule has 9 rings (SSSR count). The maximum atomic E-state index is 2.69. The molecule has 2 nitrogen and oxygen atoms in total. The van der Waals surface area contributed by atoms with Gasteiger partial charge in [0.15, 0.2) is 5.54 Å². The summed E-state index contributed by atoms with van der Waals surface area (Å²) in [5.74, 6) is 1.34. The van der Waals surface area contributed by atoms with Crippen LogP contribution in [-0.2, 0) is 5.54 Å². The van der Waals surface area contributed by atoms with Crippen LogP contribution in [0.1, 0.15) is 41.9 Å². The van der Waals surface area contributed by atoms with Gasteiger partial charge in [-0.2, -0.15) is 4.57 Å². The first-order valence-electron chi connectivity index (χ1n) is 11.6. The van der Waals surface area contributed by atoms with E-state index in [1.54, 1.807) is 16.7 Å². The molecule has 0 radical (unpaired) electrons. The van der Waals surface area contributed by atoms with E-state index in [9.17, 15) is 0 Å². The molecule has 3 aliphatic carbocycles. The van der Waals surface area contributed by atoms with Gasteiger partial charge in [-0.05, 0) is 65.8 Å². The quantitative estimate of drug-likeness (QED) is 0.281. The molecule has 146 valence electrons. The van der Waals surface area contributed by atoms with E-state index in [1.807, 2.05) is 0 Å². The number of hydrogen-bond acceptors (Lipinski definition) is 0. The molecule has 5 aromatic rings. The first kappa shape index (κ1) is 15.4. The molecule has 1 aliphatic heterocycles. The van der Waals surface area contributed by atoms with Crippen LogP contribution in [0, 0.1) is 5.92 Å². The lowest BCUT2D eigenvalue weighted by molar-refractivity contribution is -0.730. The highest BCUT2D eigenvalue weighted by Gasteiger charge is 2.66. The number of aromatic nitrogens is 2. The highest BCUT2D eigenvalue weighted by atomic mass is 15.2. The molecule has 2 aromatic heterocycles. The third kappa shape index (κ3) is 1.39. The van der Waals surface area contributed by atoms with Gasteiger partial charge in [0.1, 0.15) is 11.2 Å². The normalized spacial score (nSPS) is 25.8. The van der Waals surface area contributed by atoms with Gasteiger partial charge < -0.3 is 0 Å². The van der Waals surface area contributed by atoms with Gasteiger partial charge in [-0.3, -0.25) is 0 Å². The minimum atomic E-state index is -0.0527. The Balaban J connectivity index is 1.62. The average Bonchev–Trinajstić information content (AvgIpc) is 3.55. The summed E-state index contributed by atoms with van der Waals surface area (Å²) in [6, 6.07) is 27.7. The topological polar surface area (TPSA) is 8.81 Å². The van der Waals surface area contributed by atoms with E-state index in [1.165, 1.54) is 58.0 Å². The third-order valence-corrected chi connectivity index (χ3v) is 8.88. The molecule has 1 saturated carbocycles. The van der Waals surface area contributed by atoms with E-state index in [0.717, 1.165) is 0 Å². The predicted molar refractivity (Wildman–Crippen MR) is 123 cm³/mol. The van der Waals surface area contributed by atoms with E-state index in [0.29, 0.717) is 11.8 Å². The molecule has 1 fully saturated rings. The number of pyridine rings is 1. The standard InChI is InChI=1S/C29H21N2/c1-2-14-24-18(7-1)22-12-6-16-30-28(22)31(24)25-15-5-11-21-20-10-3-9-19-17-8-4-13-23(17)29(30,26(19)20)27(21)25/h1-3,5-7,9-12,14-17,23H,4,8,13H2/q+1. The van der Waals surface area contributed by atoms with E-state index >= 15 is 0 Å². The minimum Gasteiger partial charge on any atom is -0.219 e. The van der Waals surface area contributed by atoms with Crippen molar-refractivity contribution in [1.29, 1.82) is 0 Å². The van der Waals surface area contributed by atoms with Crippen LogP contribution < -0.4 is 4.57 Å². The summed E-state index contributed by atoms with van der Waals surface area (Å²) in [4.78, 5) is 0. The Kier molecular flexibility index (Phi) is 2.36. The van der Waals surface area contributed by atoms with Crippen molar-refractivity contribution in [2.24, 2.45) is 5.92 Å². The van der Waals surface area contributed by atoms with Crippen molar-refractivity contribution < 1.29 is 4.57 Å². The number of fused-ring (bicyclic) bond motifs is 7. The van der Waals surface area contributed by atoms with Crippen molar-refractivity contribution >= 4 is 21.9 Å². The zero-order chi connectivity index (χ0) is 19.9. The Labute approximate surface area is 180 Å². The molecule has 3 unspecified atom stereocenters. The summed E-state index contributed by atoms with van der Waals surface area (Å²) < 4.78 is 5.24. The summed E-state index contributed by atoms with van der Waals surface area (Å²) in [6.45, 7) is 0. The fraction of sp³-hybridized carbons (Fsp3) is 0.207. The molecule has 3 heterocycles. The molecule has 0 amide bonds. The van der Waals surface area contributed by atoms with Gasteiger partial charge in [-0.15, -0.1) is 0 Å². The van der Waals surface area contributed by atoms with Gasteiger partial charge in [0.2, 0.25) is 0 Å². The van der Waals surface area contributed by atoms with Gasteiger partial charge >= 0.3 is 0 Å². The summed E-state index contributed by atoms with van der Waals surface area (Å²) in [5.41, 5.74) is 11.7. The Hall–Kier alpha value is -3.39. The van der Waals surface area contributed by atoms with Crippen LogP contribution in [-0.4, -0.2) is 4.57 Å². The predicted octanol–water partition coefficient (Wildman–Crippen LogP) is 6.05. The van der Waals surface area contributed by atoms with Crippen molar-refractivity contribution in [2.75, 3.05) is 0 Å². The molecule has 3 atom stereocenters. The Bertz CT molecular complexity index is 1640. The molecule has 2 heteroatoms. The molecule has 4 aliphatic rings. The molecule has 1 spiro atoms. The molecule has 31 heavy (non-hydrogen) atoms. The number of benzene rings is 3. The Morgan fingerprint density at radius 2 is 1.61 bits per heavy atom.